The van der Waals surface area contributed by atoms with Crippen LogP contribution in [-0.2, 0) is 0 Å². The molecule has 0 aromatic carbocycles. The van der Waals surface area contributed by atoms with Crippen molar-refractivity contribution in [1.82, 2.24) is 9.97 Å². The second-order valence-corrected chi connectivity index (χ2v) is 5.69. The maximum atomic E-state index is 9.75. The quantitative estimate of drug-likeness (QED) is 0.914. The predicted octanol–water partition coefficient (Wildman–Crippen LogP) is 2.47. The van der Waals surface area contributed by atoms with Crippen molar-refractivity contribution in [3.63, 3.8) is 0 Å². The van der Waals surface area contributed by atoms with Crippen LogP contribution in [0, 0.1) is 6.92 Å². The fraction of sp³-hybridized carbons (Fsp3) is 0.429. The summed E-state index contributed by atoms with van der Waals surface area (Å²) in [6, 6.07) is 1.92. The van der Waals surface area contributed by atoms with Crippen molar-refractivity contribution in [1.29, 1.82) is 0 Å². The van der Waals surface area contributed by atoms with Gasteiger partial charge >= 0.3 is 0 Å². The Kier molecular flexibility index (Phi) is 3.48. The van der Waals surface area contributed by atoms with E-state index >= 15 is 0 Å². The van der Waals surface area contributed by atoms with Crippen molar-refractivity contribution in [2.24, 2.45) is 0 Å². The molecule has 1 fully saturated rings. The van der Waals surface area contributed by atoms with Crippen LogP contribution in [0.5, 0.6) is 0 Å². The third kappa shape index (κ3) is 2.62. The van der Waals surface area contributed by atoms with Crippen LogP contribution < -0.4 is 4.90 Å². The molecule has 0 spiro atoms. The average molecular weight is 275 g/mol. The summed E-state index contributed by atoms with van der Waals surface area (Å²) in [7, 11) is 0. The molecule has 1 aliphatic rings. The van der Waals surface area contributed by atoms with E-state index in [0.717, 1.165) is 36.6 Å². The number of aliphatic hydroxyl groups excluding tert-OH is 1. The van der Waals surface area contributed by atoms with Crippen LogP contribution in [0.1, 0.15) is 18.4 Å². The maximum Gasteiger partial charge on any atom is 0.162 e. The number of aromatic nitrogens is 2. The number of anilines is 1. The standard InChI is InChI=1S/C14H17N3OS/c1-10-8-19-9-12(10)14-15-5-4-13(16-14)17-6-2-3-11(18)7-17/h4-5,8-9,11,18H,2-3,6-7H2,1H3. The molecular weight excluding hydrogens is 258 g/mol. The first-order chi connectivity index (χ1) is 9.24. The lowest BCUT2D eigenvalue weighted by atomic mass is 10.1. The summed E-state index contributed by atoms with van der Waals surface area (Å²) in [6.07, 6.45) is 3.46. The molecule has 0 bridgehead atoms. The average Bonchev–Trinajstić information content (AvgIpc) is 2.85. The van der Waals surface area contributed by atoms with Crippen LogP contribution in [0.15, 0.2) is 23.0 Å². The van der Waals surface area contributed by atoms with E-state index < -0.39 is 0 Å². The van der Waals surface area contributed by atoms with Gasteiger partial charge in [0.2, 0.25) is 0 Å². The largest absolute Gasteiger partial charge is 0.391 e. The fourth-order valence-electron chi connectivity index (χ4n) is 2.41. The zero-order valence-electron chi connectivity index (χ0n) is 10.9. The molecule has 3 rings (SSSR count). The molecule has 0 radical (unpaired) electrons. The zero-order chi connectivity index (χ0) is 13.2. The Morgan fingerprint density at radius 2 is 2.32 bits per heavy atom. The monoisotopic (exact) mass is 275 g/mol. The highest BCUT2D eigenvalue weighted by Crippen LogP contribution is 2.26. The van der Waals surface area contributed by atoms with Crippen molar-refractivity contribution >= 4 is 17.2 Å². The molecule has 1 saturated heterocycles. The lowest BCUT2D eigenvalue weighted by Gasteiger charge is -2.31. The SMILES string of the molecule is Cc1cscc1-c1nccc(N2CCCC(O)C2)n1. The molecule has 4 nitrogen and oxygen atoms in total. The van der Waals surface area contributed by atoms with Gasteiger partial charge in [-0.2, -0.15) is 11.3 Å². The van der Waals surface area contributed by atoms with Gasteiger partial charge in [-0.1, -0.05) is 0 Å². The van der Waals surface area contributed by atoms with E-state index in [1.807, 2.05) is 6.07 Å². The van der Waals surface area contributed by atoms with Gasteiger partial charge in [0.25, 0.3) is 0 Å². The molecule has 3 heterocycles. The first-order valence-electron chi connectivity index (χ1n) is 6.53. The summed E-state index contributed by atoms with van der Waals surface area (Å²) < 4.78 is 0. The Morgan fingerprint density at radius 1 is 1.42 bits per heavy atom. The van der Waals surface area contributed by atoms with Crippen molar-refractivity contribution in [2.45, 2.75) is 25.9 Å². The number of thiophene rings is 1. The Hall–Kier alpha value is -1.46. The Balaban J connectivity index is 1.90. The van der Waals surface area contributed by atoms with Gasteiger partial charge in [-0.05, 0) is 36.8 Å². The summed E-state index contributed by atoms with van der Waals surface area (Å²) in [6.45, 7) is 3.70. The molecule has 19 heavy (non-hydrogen) atoms. The van der Waals surface area contributed by atoms with E-state index in [1.54, 1.807) is 17.5 Å². The van der Waals surface area contributed by atoms with Gasteiger partial charge in [-0.3, -0.25) is 0 Å². The van der Waals surface area contributed by atoms with Gasteiger partial charge in [-0.25, -0.2) is 9.97 Å². The first-order valence-corrected chi connectivity index (χ1v) is 7.47. The number of rotatable bonds is 2. The zero-order valence-corrected chi connectivity index (χ0v) is 11.7. The van der Waals surface area contributed by atoms with Crippen LogP contribution in [0.2, 0.25) is 0 Å². The first kappa shape index (κ1) is 12.6. The molecule has 1 unspecified atom stereocenters. The van der Waals surface area contributed by atoms with Crippen LogP contribution in [0.4, 0.5) is 5.82 Å². The molecule has 1 aliphatic heterocycles. The second-order valence-electron chi connectivity index (χ2n) is 4.95. The van der Waals surface area contributed by atoms with Gasteiger partial charge in [0, 0.05) is 30.2 Å². The molecule has 5 heteroatoms. The number of hydrogen-bond donors (Lipinski definition) is 1. The molecule has 2 aromatic heterocycles. The van der Waals surface area contributed by atoms with E-state index in [4.69, 9.17) is 0 Å². The summed E-state index contributed by atoms with van der Waals surface area (Å²) in [5.41, 5.74) is 2.31. The maximum absolute atomic E-state index is 9.75. The molecular formula is C14H17N3OS. The molecule has 0 aliphatic carbocycles. The molecule has 100 valence electrons. The van der Waals surface area contributed by atoms with Gasteiger partial charge in [0.15, 0.2) is 5.82 Å². The third-order valence-electron chi connectivity index (χ3n) is 3.46. The van der Waals surface area contributed by atoms with Gasteiger partial charge < -0.3 is 10.0 Å². The number of aryl methyl sites for hydroxylation is 1. The second kappa shape index (κ2) is 5.27. The van der Waals surface area contributed by atoms with Crippen molar-refractivity contribution in [3.8, 4) is 11.4 Å². The molecule has 2 aromatic rings. The van der Waals surface area contributed by atoms with E-state index in [1.165, 1.54) is 5.56 Å². The van der Waals surface area contributed by atoms with E-state index in [2.05, 4.69) is 32.6 Å². The summed E-state index contributed by atoms with van der Waals surface area (Å²) in [5.74, 6) is 1.69. The smallest absolute Gasteiger partial charge is 0.162 e. The number of hydrogen-bond acceptors (Lipinski definition) is 5. The minimum atomic E-state index is -0.241. The molecule has 1 atom stereocenters. The lowest BCUT2D eigenvalue weighted by molar-refractivity contribution is 0.154. The number of β-amino-alcohol motifs (C(OH)–C–C–N with tert-alkyl or cyclic N) is 1. The Morgan fingerprint density at radius 3 is 3.05 bits per heavy atom. The van der Waals surface area contributed by atoms with Crippen molar-refractivity contribution in [3.05, 3.63) is 28.6 Å². The predicted molar refractivity (Wildman–Crippen MR) is 77.5 cm³/mol. The van der Waals surface area contributed by atoms with Crippen molar-refractivity contribution < 1.29 is 5.11 Å². The van der Waals surface area contributed by atoms with Crippen LogP contribution in [0.25, 0.3) is 11.4 Å². The number of piperidine rings is 1. The van der Waals surface area contributed by atoms with E-state index in [0.29, 0.717) is 6.54 Å². The number of nitrogens with zero attached hydrogens (tertiary/aromatic N) is 3. The number of aliphatic hydroxyl groups is 1. The highest BCUT2D eigenvalue weighted by Gasteiger charge is 2.19. The highest BCUT2D eigenvalue weighted by molar-refractivity contribution is 7.08. The highest BCUT2D eigenvalue weighted by atomic mass is 32.1. The van der Waals surface area contributed by atoms with Crippen LogP contribution >= 0.6 is 11.3 Å². The molecule has 1 N–H and O–H groups in total. The van der Waals surface area contributed by atoms with E-state index in [-0.39, 0.29) is 6.10 Å². The molecule has 0 saturated carbocycles. The van der Waals surface area contributed by atoms with E-state index in [9.17, 15) is 5.11 Å². The van der Waals surface area contributed by atoms with Gasteiger partial charge in [0.05, 0.1) is 6.10 Å². The van der Waals surface area contributed by atoms with Crippen LogP contribution in [-0.4, -0.2) is 34.3 Å². The fourth-order valence-corrected chi connectivity index (χ4v) is 3.23. The lowest BCUT2D eigenvalue weighted by Crippen LogP contribution is -2.38. The normalized spacial score (nSPS) is 19.7. The van der Waals surface area contributed by atoms with Crippen molar-refractivity contribution in [2.75, 3.05) is 18.0 Å². The Bertz CT molecular complexity index is 569. The summed E-state index contributed by atoms with van der Waals surface area (Å²) in [5, 5.41) is 13.9. The summed E-state index contributed by atoms with van der Waals surface area (Å²) >= 11 is 1.67. The van der Waals surface area contributed by atoms with Crippen LogP contribution in [0.3, 0.4) is 0 Å². The Labute approximate surface area is 116 Å². The molecule has 0 amide bonds. The van der Waals surface area contributed by atoms with Gasteiger partial charge in [0.1, 0.15) is 5.82 Å². The third-order valence-corrected chi connectivity index (χ3v) is 4.32. The van der Waals surface area contributed by atoms with Gasteiger partial charge in [-0.15, -0.1) is 0 Å². The topological polar surface area (TPSA) is 49.2 Å². The minimum absolute atomic E-state index is 0.241. The summed E-state index contributed by atoms with van der Waals surface area (Å²) in [4.78, 5) is 11.1. The minimum Gasteiger partial charge on any atom is -0.391 e.